The van der Waals surface area contributed by atoms with Gasteiger partial charge in [-0.2, -0.15) is 5.10 Å². The van der Waals surface area contributed by atoms with Crippen LogP contribution in [0.2, 0.25) is 5.15 Å². The minimum absolute atomic E-state index is 0.0707. The number of benzene rings is 1. The number of pyridine rings is 1. The van der Waals surface area contributed by atoms with E-state index in [1.807, 2.05) is 6.07 Å². The minimum Gasteiger partial charge on any atom is -0.456 e. The zero-order chi connectivity index (χ0) is 16.9. The molecule has 1 aliphatic rings. The molecule has 0 saturated heterocycles. The maximum atomic E-state index is 12.2. The number of anilines is 1. The van der Waals surface area contributed by atoms with E-state index in [0.717, 1.165) is 5.56 Å². The van der Waals surface area contributed by atoms with Crippen LogP contribution in [0.5, 0.6) is 0 Å². The second-order valence-corrected chi connectivity index (χ2v) is 5.54. The molecule has 0 aliphatic carbocycles. The summed E-state index contributed by atoms with van der Waals surface area (Å²) in [6.07, 6.45) is 2.02. The number of hydrogen-bond donors (Lipinski definition) is 0. The van der Waals surface area contributed by atoms with Gasteiger partial charge in [0.1, 0.15) is 17.5 Å². The van der Waals surface area contributed by atoms with Crippen LogP contribution in [-0.2, 0) is 20.9 Å². The number of hydrazone groups is 1. The average molecular weight is 344 g/mol. The van der Waals surface area contributed by atoms with Gasteiger partial charge in [-0.3, -0.25) is 4.79 Å². The molecule has 0 atom stereocenters. The number of aromatic nitrogens is 1. The van der Waals surface area contributed by atoms with Gasteiger partial charge < -0.3 is 4.74 Å². The lowest BCUT2D eigenvalue weighted by Gasteiger charge is -2.22. The molecule has 1 amide bonds. The predicted octanol–water partition coefficient (Wildman–Crippen LogP) is 2.96. The topological polar surface area (TPSA) is 71.9 Å². The van der Waals surface area contributed by atoms with Crippen molar-refractivity contribution in [1.29, 1.82) is 0 Å². The molecule has 1 aromatic carbocycles. The minimum atomic E-state index is -0.543. The number of para-hydroxylation sites is 1. The summed E-state index contributed by atoms with van der Waals surface area (Å²) in [5.74, 6) is -0.696. The normalized spacial score (nSPS) is 14.3. The molecule has 0 N–H and O–H groups in total. The summed E-state index contributed by atoms with van der Waals surface area (Å²) in [6.45, 7) is 0.0707. The third-order valence-corrected chi connectivity index (χ3v) is 3.65. The zero-order valence-electron chi connectivity index (χ0n) is 12.7. The van der Waals surface area contributed by atoms with Crippen molar-refractivity contribution in [2.24, 2.45) is 5.10 Å². The van der Waals surface area contributed by atoms with Crippen molar-refractivity contribution in [2.75, 3.05) is 5.01 Å². The summed E-state index contributed by atoms with van der Waals surface area (Å²) in [6, 6.07) is 12.3. The fourth-order valence-electron chi connectivity index (χ4n) is 2.20. The van der Waals surface area contributed by atoms with Crippen LogP contribution in [0.1, 0.15) is 18.4 Å². The molecule has 0 spiro atoms. The number of carbonyl (C=O) groups is 2. The number of rotatable bonds is 4. The molecule has 0 fully saturated rings. The Hall–Kier alpha value is -2.73. The quantitative estimate of drug-likeness (QED) is 0.632. The van der Waals surface area contributed by atoms with Gasteiger partial charge in [-0.15, -0.1) is 0 Å². The molecule has 1 aromatic heterocycles. The molecule has 3 rings (SSSR count). The number of esters is 1. The van der Waals surface area contributed by atoms with Crippen LogP contribution in [0.25, 0.3) is 0 Å². The van der Waals surface area contributed by atoms with Crippen molar-refractivity contribution in [3.8, 4) is 0 Å². The first-order valence-electron chi connectivity index (χ1n) is 7.36. The largest absolute Gasteiger partial charge is 0.456 e. The Labute approximate surface area is 143 Å². The molecule has 2 heterocycles. The molecule has 24 heavy (non-hydrogen) atoms. The highest BCUT2D eigenvalue weighted by Gasteiger charge is 2.26. The van der Waals surface area contributed by atoms with E-state index in [4.69, 9.17) is 16.3 Å². The number of amides is 1. The molecule has 1 aliphatic heterocycles. The molecular weight excluding hydrogens is 330 g/mol. The summed E-state index contributed by atoms with van der Waals surface area (Å²) < 4.78 is 5.24. The summed E-state index contributed by atoms with van der Waals surface area (Å²) in [5.41, 5.74) is 1.56. The number of ether oxygens (including phenoxy) is 1. The smallest absolute Gasteiger partial charge is 0.354 e. The van der Waals surface area contributed by atoms with Crippen molar-refractivity contribution in [2.45, 2.75) is 19.4 Å². The van der Waals surface area contributed by atoms with E-state index in [1.165, 1.54) is 11.2 Å². The molecule has 122 valence electrons. The van der Waals surface area contributed by atoms with E-state index in [1.54, 1.807) is 36.4 Å². The first kappa shape index (κ1) is 16.1. The SMILES string of the molecule is O=C(OCc1ccc(Cl)nc1)C1=NN(c2ccccc2)C(=O)CC1. The maximum Gasteiger partial charge on any atom is 0.354 e. The van der Waals surface area contributed by atoms with Gasteiger partial charge in [0.25, 0.3) is 0 Å². The zero-order valence-corrected chi connectivity index (χ0v) is 13.4. The monoisotopic (exact) mass is 343 g/mol. The molecule has 2 aromatic rings. The molecule has 0 bridgehead atoms. The van der Waals surface area contributed by atoms with Crippen LogP contribution < -0.4 is 5.01 Å². The number of carbonyl (C=O) groups excluding carboxylic acids is 2. The van der Waals surface area contributed by atoms with Crippen LogP contribution in [0.4, 0.5) is 5.69 Å². The van der Waals surface area contributed by atoms with Crippen LogP contribution in [0, 0.1) is 0 Å². The Kier molecular flexibility index (Phi) is 4.86. The second kappa shape index (κ2) is 7.23. The highest BCUT2D eigenvalue weighted by Crippen LogP contribution is 2.20. The number of halogens is 1. The third-order valence-electron chi connectivity index (χ3n) is 3.43. The summed E-state index contributed by atoms with van der Waals surface area (Å²) >= 11 is 5.71. The van der Waals surface area contributed by atoms with E-state index >= 15 is 0 Å². The highest BCUT2D eigenvalue weighted by molar-refractivity contribution is 6.38. The van der Waals surface area contributed by atoms with Gasteiger partial charge in [-0.25, -0.2) is 14.8 Å². The molecule has 6 nitrogen and oxygen atoms in total. The van der Waals surface area contributed by atoms with Gasteiger partial charge in [-0.05, 0) is 18.2 Å². The summed E-state index contributed by atoms with van der Waals surface area (Å²) in [4.78, 5) is 28.1. The maximum absolute atomic E-state index is 12.2. The van der Waals surface area contributed by atoms with E-state index in [9.17, 15) is 9.59 Å². The second-order valence-electron chi connectivity index (χ2n) is 5.15. The van der Waals surface area contributed by atoms with Gasteiger partial charge in [0.05, 0.1) is 5.69 Å². The van der Waals surface area contributed by atoms with Crippen LogP contribution >= 0.6 is 11.6 Å². The van der Waals surface area contributed by atoms with Gasteiger partial charge in [0.15, 0.2) is 0 Å². The lowest BCUT2D eigenvalue weighted by Crippen LogP contribution is -2.34. The van der Waals surface area contributed by atoms with Crippen molar-refractivity contribution in [3.05, 3.63) is 59.4 Å². The van der Waals surface area contributed by atoms with E-state index in [-0.39, 0.29) is 31.1 Å². The lowest BCUT2D eigenvalue weighted by molar-refractivity contribution is -0.137. The molecule has 7 heteroatoms. The van der Waals surface area contributed by atoms with Crippen LogP contribution in [-0.4, -0.2) is 22.6 Å². The van der Waals surface area contributed by atoms with Crippen molar-refractivity contribution >= 4 is 34.9 Å². The first-order chi connectivity index (χ1) is 11.6. The fourth-order valence-corrected chi connectivity index (χ4v) is 2.31. The Bertz CT molecular complexity index is 775. The standard InChI is InChI=1S/C17H14ClN3O3/c18-15-8-6-12(10-19-15)11-24-17(23)14-7-9-16(22)21(20-14)13-4-2-1-3-5-13/h1-6,8,10H,7,9,11H2. The van der Waals surface area contributed by atoms with Crippen molar-refractivity contribution in [3.63, 3.8) is 0 Å². The first-order valence-corrected chi connectivity index (χ1v) is 7.74. The summed E-state index contributed by atoms with van der Waals surface area (Å²) in [7, 11) is 0. The molecule has 0 saturated carbocycles. The average Bonchev–Trinajstić information content (AvgIpc) is 2.62. The van der Waals surface area contributed by atoms with E-state index < -0.39 is 5.97 Å². The van der Waals surface area contributed by atoms with Gasteiger partial charge in [0, 0.05) is 24.6 Å². The lowest BCUT2D eigenvalue weighted by atomic mass is 10.1. The van der Waals surface area contributed by atoms with Crippen LogP contribution in [0.3, 0.4) is 0 Å². The Morgan fingerprint density at radius 2 is 1.96 bits per heavy atom. The molecule has 0 radical (unpaired) electrons. The third kappa shape index (κ3) is 3.78. The Morgan fingerprint density at radius 3 is 2.67 bits per heavy atom. The van der Waals surface area contributed by atoms with Gasteiger partial charge in [-0.1, -0.05) is 35.9 Å². The fraction of sp³-hybridized carbons (Fsp3) is 0.176. The van der Waals surface area contributed by atoms with Crippen molar-refractivity contribution in [1.82, 2.24) is 4.98 Å². The Balaban J connectivity index is 1.69. The van der Waals surface area contributed by atoms with E-state index in [2.05, 4.69) is 10.1 Å². The molecule has 0 unspecified atom stereocenters. The van der Waals surface area contributed by atoms with Gasteiger partial charge >= 0.3 is 5.97 Å². The van der Waals surface area contributed by atoms with Crippen LogP contribution in [0.15, 0.2) is 53.8 Å². The van der Waals surface area contributed by atoms with E-state index in [0.29, 0.717) is 10.8 Å². The number of nitrogens with zero attached hydrogens (tertiary/aromatic N) is 3. The Morgan fingerprint density at radius 1 is 1.17 bits per heavy atom. The van der Waals surface area contributed by atoms with Gasteiger partial charge in [0.2, 0.25) is 5.91 Å². The highest BCUT2D eigenvalue weighted by atomic mass is 35.5. The predicted molar refractivity (Wildman–Crippen MR) is 89.6 cm³/mol. The summed E-state index contributed by atoms with van der Waals surface area (Å²) in [5, 5.41) is 5.76. The van der Waals surface area contributed by atoms with Crippen molar-refractivity contribution < 1.29 is 14.3 Å². The number of hydrogen-bond acceptors (Lipinski definition) is 5. The molecular formula is C17H14ClN3O3.